The summed E-state index contributed by atoms with van der Waals surface area (Å²) in [5, 5.41) is 10.7. The predicted octanol–water partition coefficient (Wildman–Crippen LogP) is 2.97. The molecule has 3 rings (SSSR count). The van der Waals surface area contributed by atoms with Crippen LogP contribution in [0.25, 0.3) is 10.9 Å². The zero-order chi connectivity index (χ0) is 17.3. The molecule has 2 aromatic heterocycles. The molecule has 1 amide bonds. The molecule has 0 saturated heterocycles. The number of nitrogens with one attached hydrogen (secondary N) is 2. The molecule has 0 fully saturated rings. The van der Waals surface area contributed by atoms with Gasteiger partial charge in [0.05, 0.1) is 11.2 Å². The van der Waals surface area contributed by atoms with Gasteiger partial charge in [-0.3, -0.25) is 14.9 Å². The standard InChI is InChI=1S/C18H21N5O/c1-18(2,3)12-7-11-5-4-6-20-16(11)14(8-12)21-17(24)15-9-13(10-19)22-23-15/h4-9H,10,19H2,1-3H3,(H,21,24)(H,22,23). The van der Waals surface area contributed by atoms with Crippen molar-refractivity contribution in [2.75, 3.05) is 5.32 Å². The lowest BCUT2D eigenvalue weighted by molar-refractivity contribution is 0.102. The van der Waals surface area contributed by atoms with Crippen LogP contribution in [0, 0.1) is 0 Å². The fraction of sp³-hybridized carbons (Fsp3) is 0.278. The summed E-state index contributed by atoms with van der Waals surface area (Å²) < 4.78 is 0. The van der Waals surface area contributed by atoms with Crippen LogP contribution < -0.4 is 11.1 Å². The largest absolute Gasteiger partial charge is 0.325 e. The first-order chi connectivity index (χ1) is 11.4. The van der Waals surface area contributed by atoms with Gasteiger partial charge in [-0.05, 0) is 35.2 Å². The predicted molar refractivity (Wildman–Crippen MR) is 94.9 cm³/mol. The normalized spacial score (nSPS) is 11.7. The Morgan fingerprint density at radius 1 is 1.29 bits per heavy atom. The van der Waals surface area contributed by atoms with Gasteiger partial charge in [0.2, 0.25) is 0 Å². The smallest absolute Gasteiger partial charge is 0.276 e. The van der Waals surface area contributed by atoms with Gasteiger partial charge in [-0.1, -0.05) is 26.8 Å². The van der Waals surface area contributed by atoms with Gasteiger partial charge in [0.25, 0.3) is 5.91 Å². The Labute approximate surface area is 140 Å². The molecule has 2 heterocycles. The summed E-state index contributed by atoms with van der Waals surface area (Å²) in [6.07, 6.45) is 1.72. The van der Waals surface area contributed by atoms with E-state index in [0.717, 1.165) is 16.5 Å². The highest BCUT2D eigenvalue weighted by molar-refractivity contribution is 6.07. The van der Waals surface area contributed by atoms with E-state index >= 15 is 0 Å². The highest BCUT2D eigenvalue weighted by Crippen LogP contribution is 2.31. The van der Waals surface area contributed by atoms with Gasteiger partial charge in [0.1, 0.15) is 0 Å². The molecule has 0 aliphatic carbocycles. The molecule has 0 unspecified atom stereocenters. The lowest BCUT2D eigenvalue weighted by atomic mass is 9.86. The van der Waals surface area contributed by atoms with Gasteiger partial charge in [-0.25, -0.2) is 0 Å². The van der Waals surface area contributed by atoms with Crippen molar-refractivity contribution in [2.24, 2.45) is 5.73 Å². The average Bonchev–Trinajstić information content (AvgIpc) is 3.03. The summed E-state index contributed by atoms with van der Waals surface area (Å²) in [7, 11) is 0. The van der Waals surface area contributed by atoms with Gasteiger partial charge >= 0.3 is 0 Å². The molecular weight excluding hydrogens is 302 g/mol. The van der Waals surface area contributed by atoms with E-state index in [4.69, 9.17) is 5.73 Å². The molecule has 124 valence electrons. The molecule has 6 nitrogen and oxygen atoms in total. The topological polar surface area (TPSA) is 96.7 Å². The lowest BCUT2D eigenvalue weighted by Gasteiger charge is -2.21. The number of anilines is 1. The number of H-pyrrole nitrogens is 1. The molecule has 0 bridgehead atoms. The number of nitrogens with zero attached hydrogens (tertiary/aromatic N) is 2. The number of aromatic amines is 1. The number of carbonyl (C=O) groups excluding carboxylic acids is 1. The molecular formula is C18H21N5O. The monoisotopic (exact) mass is 323 g/mol. The van der Waals surface area contributed by atoms with Crippen LogP contribution in [0.3, 0.4) is 0 Å². The second-order valence-corrected chi connectivity index (χ2v) is 6.79. The average molecular weight is 323 g/mol. The molecule has 6 heteroatoms. The molecule has 0 aliphatic rings. The SMILES string of the molecule is CC(C)(C)c1cc(NC(=O)c2cc(CN)[nH]n2)c2ncccc2c1. The van der Waals surface area contributed by atoms with E-state index in [1.54, 1.807) is 12.3 Å². The van der Waals surface area contributed by atoms with Crippen molar-refractivity contribution in [1.29, 1.82) is 0 Å². The maximum absolute atomic E-state index is 12.5. The minimum absolute atomic E-state index is 0.0391. The van der Waals surface area contributed by atoms with Crippen molar-refractivity contribution < 1.29 is 4.79 Å². The van der Waals surface area contributed by atoms with Crippen LogP contribution in [-0.2, 0) is 12.0 Å². The Kier molecular flexibility index (Phi) is 4.07. The zero-order valence-electron chi connectivity index (χ0n) is 14.1. The third-order valence-corrected chi connectivity index (χ3v) is 3.90. The Morgan fingerprint density at radius 2 is 2.08 bits per heavy atom. The third kappa shape index (κ3) is 3.14. The number of aromatic nitrogens is 3. The summed E-state index contributed by atoms with van der Waals surface area (Å²) in [5.41, 5.74) is 9.09. The maximum atomic E-state index is 12.5. The summed E-state index contributed by atoms with van der Waals surface area (Å²) in [6, 6.07) is 9.62. The van der Waals surface area contributed by atoms with Crippen LogP contribution >= 0.6 is 0 Å². The van der Waals surface area contributed by atoms with Crippen LogP contribution in [0.15, 0.2) is 36.5 Å². The number of benzene rings is 1. The molecule has 3 aromatic rings. The molecule has 0 radical (unpaired) electrons. The Morgan fingerprint density at radius 3 is 2.75 bits per heavy atom. The van der Waals surface area contributed by atoms with Crippen molar-refractivity contribution >= 4 is 22.5 Å². The van der Waals surface area contributed by atoms with E-state index in [0.29, 0.717) is 23.6 Å². The first-order valence-corrected chi connectivity index (χ1v) is 7.83. The van der Waals surface area contributed by atoms with Crippen LogP contribution in [0.5, 0.6) is 0 Å². The summed E-state index contributed by atoms with van der Waals surface area (Å²) in [5.74, 6) is -0.288. The van der Waals surface area contributed by atoms with Gasteiger partial charge in [0, 0.05) is 23.8 Å². The maximum Gasteiger partial charge on any atom is 0.276 e. The Hall–Kier alpha value is -2.73. The molecule has 1 aromatic carbocycles. The minimum Gasteiger partial charge on any atom is -0.325 e. The van der Waals surface area contributed by atoms with Gasteiger partial charge in [0.15, 0.2) is 5.69 Å². The number of hydrogen-bond donors (Lipinski definition) is 3. The fourth-order valence-corrected chi connectivity index (χ4v) is 2.49. The molecule has 24 heavy (non-hydrogen) atoms. The Balaban J connectivity index is 2.02. The summed E-state index contributed by atoms with van der Waals surface area (Å²) >= 11 is 0. The number of rotatable bonds is 3. The molecule has 0 spiro atoms. The molecule has 0 saturated carbocycles. The second-order valence-electron chi connectivity index (χ2n) is 6.79. The quantitative estimate of drug-likeness (QED) is 0.690. The van der Waals surface area contributed by atoms with Crippen molar-refractivity contribution in [3.63, 3.8) is 0 Å². The second kappa shape index (κ2) is 6.05. The first-order valence-electron chi connectivity index (χ1n) is 7.83. The van der Waals surface area contributed by atoms with E-state index in [1.807, 2.05) is 18.2 Å². The third-order valence-electron chi connectivity index (χ3n) is 3.90. The summed E-state index contributed by atoms with van der Waals surface area (Å²) in [4.78, 5) is 16.9. The van der Waals surface area contributed by atoms with E-state index < -0.39 is 0 Å². The minimum atomic E-state index is -0.288. The number of amides is 1. The summed E-state index contributed by atoms with van der Waals surface area (Å²) in [6.45, 7) is 6.72. The number of nitrogens with two attached hydrogens (primary N) is 1. The fourth-order valence-electron chi connectivity index (χ4n) is 2.49. The van der Waals surface area contributed by atoms with Gasteiger partial charge in [-0.2, -0.15) is 5.10 Å². The Bertz CT molecular complexity index is 892. The van der Waals surface area contributed by atoms with Gasteiger partial charge in [-0.15, -0.1) is 0 Å². The van der Waals surface area contributed by atoms with E-state index in [-0.39, 0.29) is 11.3 Å². The molecule has 4 N–H and O–H groups in total. The van der Waals surface area contributed by atoms with E-state index in [2.05, 4.69) is 47.3 Å². The number of hydrogen-bond acceptors (Lipinski definition) is 4. The highest BCUT2D eigenvalue weighted by Gasteiger charge is 2.18. The number of pyridine rings is 1. The van der Waals surface area contributed by atoms with Crippen molar-refractivity contribution in [1.82, 2.24) is 15.2 Å². The van der Waals surface area contributed by atoms with E-state index in [9.17, 15) is 4.79 Å². The molecule has 0 aliphatic heterocycles. The van der Waals surface area contributed by atoms with Crippen LogP contribution in [0.1, 0.15) is 42.5 Å². The van der Waals surface area contributed by atoms with Crippen molar-refractivity contribution in [3.8, 4) is 0 Å². The van der Waals surface area contributed by atoms with E-state index in [1.165, 1.54) is 0 Å². The van der Waals surface area contributed by atoms with Crippen LogP contribution in [0.2, 0.25) is 0 Å². The number of carbonyl (C=O) groups is 1. The zero-order valence-corrected chi connectivity index (χ0v) is 14.1. The van der Waals surface area contributed by atoms with Crippen molar-refractivity contribution in [3.05, 3.63) is 53.5 Å². The van der Waals surface area contributed by atoms with Crippen molar-refractivity contribution in [2.45, 2.75) is 32.7 Å². The molecule has 0 atom stereocenters. The van der Waals surface area contributed by atoms with Crippen LogP contribution in [-0.4, -0.2) is 21.1 Å². The van der Waals surface area contributed by atoms with Gasteiger partial charge < -0.3 is 11.1 Å². The highest BCUT2D eigenvalue weighted by atomic mass is 16.1. The first kappa shape index (κ1) is 16.1. The van der Waals surface area contributed by atoms with Crippen LogP contribution in [0.4, 0.5) is 5.69 Å². The number of fused-ring (bicyclic) bond motifs is 1. The lowest BCUT2D eigenvalue weighted by Crippen LogP contribution is -2.16.